The highest BCUT2D eigenvalue weighted by atomic mass is 16.2. The van der Waals surface area contributed by atoms with Crippen molar-refractivity contribution in [3.8, 4) is 0 Å². The molecule has 1 N–H and O–H groups in total. The van der Waals surface area contributed by atoms with Crippen LogP contribution in [-0.4, -0.2) is 27.8 Å². The zero-order valence-electron chi connectivity index (χ0n) is 15.9. The van der Waals surface area contributed by atoms with Gasteiger partial charge in [-0.25, -0.2) is 9.97 Å². The predicted octanol–water partition coefficient (Wildman–Crippen LogP) is 3.98. The molecule has 0 fully saturated rings. The molecule has 1 amide bonds. The zero-order chi connectivity index (χ0) is 19.2. The van der Waals surface area contributed by atoms with Gasteiger partial charge in [0.05, 0.1) is 0 Å². The Morgan fingerprint density at radius 1 is 1.00 bits per heavy atom. The molecule has 0 atom stereocenters. The Morgan fingerprint density at radius 2 is 1.70 bits per heavy atom. The first-order valence-corrected chi connectivity index (χ1v) is 8.96. The average Bonchev–Trinajstić information content (AvgIpc) is 2.67. The number of anilines is 1. The van der Waals surface area contributed by atoms with Crippen molar-refractivity contribution in [3.05, 3.63) is 88.9 Å². The van der Waals surface area contributed by atoms with Crippen LogP contribution in [0, 0.1) is 13.8 Å². The van der Waals surface area contributed by atoms with E-state index in [0.29, 0.717) is 30.4 Å². The highest BCUT2D eigenvalue weighted by Crippen LogP contribution is 2.14. The summed E-state index contributed by atoms with van der Waals surface area (Å²) in [4.78, 5) is 23.2. The quantitative estimate of drug-likeness (QED) is 0.722. The van der Waals surface area contributed by atoms with Crippen LogP contribution >= 0.6 is 0 Å². The monoisotopic (exact) mass is 360 g/mol. The fourth-order valence-electron chi connectivity index (χ4n) is 2.89. The Labute approximate surface area is 160 Å². The van der Waals surface area contributed by atoms with Crippen LogP contribution in [0.2, 0.25) is 0 Å². The number of hydrogen-bond acceptors (Lipinski definition) is 4. The number of benzene rings is 2. The first kappa shape index (κ1) is 18.6. The number of aromatic nitrogens is 2. The van der Waals surface area contributed by atoms with Gasteiger partial charge in [0.25, 0.3) is 5.91 Å². The lowest BCUT2D eigenvalue weighted by Crippen LogP contribution is -2.27. The Balaban J connectivity index is 1.72. The summed E-state index contributed by atoms with van der Waals surface area (Å²) in [5.41, 5.74) is 3.89. The fraction of sp³-hybridized carbons (Fsp3) is 0.227. The van der Waals surface area contributed by atoms with Gasteiger partial charge < -0.3 is 10.2 Å². The van der Waals surface area contributed by atoms with Crippen molar-refractivity contribution in [1.29, 1.82) is 0 Å². The average molecular weight is 360 g/mol. The summed E-state index contributed by atoms with van der Waals surface area (Å²) in [7, 11) is 1.78. The van der Waals surface area contributed by atoms with Crippen LogP contribution in [0.4, 0.5) is 5.82 Å². The van der Waals surface area contributed by atoms with Gasteiger partial charge in [0.2, 0.25) is 0 Å². The molecule has 2 aromatic carbocycles. The molecule has 0 radical (unpaired) electrons. The fourth-order valence-corrected chi connectivity index (χ4v) is 2.89. The van der Waals surface area contributed by atoms with Crippen molar-refractivity contribution in [1.82, 2.24) is 14.9 Å². The summed E-state index contributed by atoms with van der Waals surface area (Å²) in [5.74, 6) is 1.10. The van der Waals surface area contributed by atoms with Crippen LogP contribution in [0.15, 0.2) is 60.7 Å². The second kappa shape index (κ2) is 8.45. The maximum absolute atomic E-state index is 12.8. The molecule has 1 aromatic heterocycles. The van der Waals surface area contributed by atoms with E-state index < -0.39 is 0 Å². The maximum Gasteiger partial charge on any atom is 0.272 e. The molecule has 3 aromatic rings. The molecule has 5 heteroatoms. The van der Waals surface area contributed by atoms with Crippen molar-refractivity contribution < 1.29 is 4.79 Å². The van der Waals surface area contributed by atoms with Crippen molar-refractivity contribution >= 4 is 11.7 Å². The number of aryl methyl sites for hydroxylation is 2. The summed E-state index contributed by atoms with van der Waals surface area (Å²) in [6, 6.07) is 19.8. The number of carbonyl (C=O) groups is 1. The number of nitrogens with one attached hydrogen (secondary N) is 1. The Bertz CT molecular complexity index is 925. The van der Waals surface area contributed by atoms with E-state index in [1.807, 2.05) is 42.5 Å². The molecule has 138 valence electrons. The Morgan fingerprint density at radius 3 is 2.44 bits per heavy atom. The molecule has 5 nitrogen and oxygen atoms in total. The van der Waals surface area contributed by atoms with E-state index >= 15 is 0 Å². The third-order valence-corrected chi connectivity index (χ3v) is 4.39. The summed E-state index contributed by atoms with van der Waals surface area (Å²) in [5, 5.41) is 3.30. The molecule has 0 aliphatic carbocycles. The van der Waals surface area contributed by atoms with Crippen molar-refractivity contribution in [3.63, 3.8) is 0 Å². The summed E-state index contributed by atoms with van der Waals surface area (Å²) < 4.78 is 0. The van der Waals surface area contributed by atoms with E-state index in [-0.39, 0.29) is 5.91 Å². The molecule has 3 rings (SSSR count). The van der Waals surface area contributed by atoms with Gasteiger partial charge in [-0.3, -0.25) is 4.79 Å². The van der Waals surface area contributed by atoms with Gasteiger partial charge in [-0.2, -0.15) is 0 Å². The molecular weight excluding hydrogens is 336 g/mol. The number of rotatable bonds is 6. The largest absolute Gasteiger partial charge is 0.366 e. The summed E-state index contributed by atoms with van der Waals surface area (Å²) in [6.45, 7) is 5.06. The predicted molar refractivity (Wildman–Crippen MR) is 108 cm³/mol. The molecular formula is C22H24N4O. The lowest BCUT2D eigenvalue weighted by molar-refractivity contribution is 0.0779. The minimum absolute atomic E-state index is 0.122. The molecule has 27 heavy (non-hydrogen) atoms. The second-order valence-electron chi connectivity index (χ2n) is 6.61. The van der Waals surface area contributed by atoms with E-state index in [4.69, 9.17) is 0 Å². The highest BCUT2D eigenvalue weighted by Gasteiger charge is 2.15. The standard InChI is InChI=1S/C22H24N4O/c1-16-9-7-8-12-19(16)14-23-21-13-20(24-17(2)25-21)22(27)26(3)15-18-10-5-4-6-11-18/h4-13H,14-15H2,1-3H3,(H,23,24,25). The van der Waals surface area contributed by atoms with Gasteiger partial charge >= 0.3 is 0 Å². The number of nitrogens with zero attached hydrogens (tertiary/aromatic N) is 3. The lowest BCUT2D eigenvalue weighted by atomic mass is 10.1. The maximum atomic E-state index is 12.8. The number of amides is 1. The molecule has 0 spiro atoms. The zero-order valence-corrected chi connectivity index (χ0v) is 15.9. The first-order chi connectivity index (χ1) is 13.0. The van der Waals surface area contributed by atoms with Crippen molar-refractivity contribution in [2.45, 2.75) is 26.9 Å². The molecule has 1 heterocycles. The van der Waals surface area contributed by atoms with Gasteiger partial charge in [0.1, 0.15) is 17.3 Å². The van der Waals surface area contributed by atoms with E-state index in [0.717, 1.165) is 5.56 Å². The first-order valence-electron chi connectivity index (χ1n) is 8.96. The van der Waals surface area contributed by atoms with E-state index in [1.165, 1.54) is 11.1 Å². The molecule has 0 bridgehead atoms. The summed E-state index contributed by atoms with van der Waals surface area (Å²) in [6.07, 6.45) is 0. The number of hydrogen-bond donors (Lipinski definition) is 1. The molecule has 0 unspecified atom stereocenters. The van der Waals surface area contributed by atoms with E-state index in [9.17, 15) is 4.79 Å². The van der Waals surface area contributed by atoms with Gasteiger partial charge in [-0.05, 0) is 30.5 Å². The Hall–Kier alpha value is -3.21. The van der Waals surface area contributed by atoms with Crippen LogP contribution in [0.5, 0.6) is 0 Å². The van der Waals surface area contributed by atoms with Crippen LogP contribution in [0.1, 0.15) is 33.0 Å². The van der Waals surface area contributed by atoms with Gasteiger partial charge in [-0.1, -0.05) is 54.6 Å². The molecule has 0 saturated carbocycles. The van der Waals surface area contributed by atoms with E-state index in [1.54, 1.807) is 24.9 Å². The van der Waals surface area contributed by atoms with E-state index in [2.05, 4.69) is 34.3 Å². The van der Waals surface area contributed by atoms with Crippen LogP contribution in [0.3, 0.4) is 0 Å². The second-order valence-corrected chi connectivity index (χ2v) is 6.61. The normalized spacial score (nSPS) is 10.5. The van der Waals surface area contributed by atoms with Gasteiger partial charge in [-0.15, -0.1) is 0 Å². The highest BCUT2D eigenvalue weighted by molar-refractivity contribution is 5.92. The van der Waals surface area contributed by atoms with Crippen molar-refractivity contribution in [2.75, 3.05) is 12.4 Å². The summed E-state index contributed by atoms with van der Waals surface area (Å²) >= 11 is 0. The molecule has 0 saturated heterocycles. The third-order valence-electron chi connectivity index (χ3n) is 4.39. The van der Waals surface area contributed by atoms with Gasteiger partial charge in [0, 0.05) is 26.2 Å². The van der Waals surface area contributed by atoms with Crippen LogP contribution < -0.4 is 5.32 Å². The lowest BCUT2D eigenvalue weighted by Gasteiger charge is -2.17. The topological polar surface area (TPSA) is 58.1 Å². The van der Waals surface area contributed by atoms with Crippen molar-refractivity contribution in [2.24, 2.45) is 0 Å². The molecule has 0 aliphatic heterocycles. The third kappa shape index (κ3) is 4.91. The van der Waals surface area contributed by atoms with Gasteiger partial charge in [0.15, 0.2) is 0 Å². The Kier molecular flexibility index (Phi) is 5.81. The number of carbonyl (C=O) groups excluding carboxylic acids is 1. The van der Waals surface area contributed by atoms with Crippen LogP contribution in [-0.2, 0) is 13.1 Å². The molecule has 0 aliphatic rings. The minimum Gasteiger partial charge on any atom is -0.366 e. The van der Waals surface area contributed by atoms with Crippen LogP contribution in [0.25, 0.3) is 0 Å². The smallest absolute Gasteiger partial charge is 0.272 e. The SMILES string of the molecule is Cc1nc(NCc2ccccc2C)cc(C(=O)N(C)Cc2ccccc2)n1. The minimum atomic E-state index is -0.122.